The van der Waals surface area contributed by atoms with Gasteiger partial charge in [0.2, 0.25) is 0 Å². The molecule has 2 aromatic carbocycles. The summed E-state index contributed by atoms with van der Waals surface area (Å²) in [6.45, 7) is 7.74. The van der Waals surface area contributed by atoms with Gasteiger partial charge in [0, 0.05) is 23.4 Å². The number of nitrogens with one attached hydrogen (secondary N) is 1. The number of rotatable bonds is 7. The number of carbonyl (C=O) groups excluding carboxylic acids is 1. The maximum Gasteiger partial charge on any atom is 0.251 e. The van der Waals surface area contributed by atoms with Crippen LogP contribution in [0.2, 0.25) is 0 Å². The van der Waals surface area contributed by atoms with Gasteiger partial charge in [0.05, 0.1) is 18.8 Å². The summed E-state index contributed by atoms with van der Waals surface area (Å²) in [7, 11) is 0. The monoisotopic (exact) mass is 363 g/mol. The van der Waals surface area contributed by atoms with E-state index >= 15 is 0 Å². The molecule has 0 fully saturated rings. The fourth-order valence-electron chi connectivity index (χ4n) is 3.04. The fraction of sp³-hybridized carbons (Fsp3) is 0.273. The van der Waals surface area contributed by atoms with Crippen molar-refractivity contribution in [3.8, 4) is 5.75 Å². The first kappa shape index (κ1) is 18.7. The van der Waals surface area contributed by atoms with Crippen LogP contribution in [0.15, 0.2) is 54.6 Å². The highest BCUT2D eigenvalue weighted by Crippen LogP contribution is 2.16. The van der Waals surface area contributed by atoms with E-state index in [1.54, 1.807) is 12.1 Å². The Morgan fingerprint density at radius 1 is 1.07 bits per heavy atom. The molecule has 5 nitrogen and oxygen atoms in total. The van der Waals surface area contributed by atoms with Crippen molar-refractivity contribution in [1.29, 1.82) is 0 Å². The van der Waals surface area contributed by atoms with Crippen LogP contribution in [0.5, 0.6) is 5.75 Å². The molecule has 0 saturated carbocycles. The third-order valence-corrected chi connectivity index (χ3v) is 4.56. The Balaban J connectivity index is 1.66. The molecule has 3 aromatic rings. The van der Waals surface area contributed by atoms with Crippen molar-refractivity contribution in [2.75, 3.05) is 6.61 Å². The minimum atomic E-state index is -0.104. The van der Waals surface area contributed by atoms with E-state index in [9.17, 15) is 4.79 Å². The Labute approximate surface area is 160 Å². The quantitative estimate of drug-likeness (QED) is 0.693. The second-order valence-electron chi connectivity index (χ2n) is 6.43. The second-order valence-corrected chi connectivity index (χ2v) is 6.43. The van der Waals surface area contributed by atoms with Crippen molar-refractivity contribution in [2.24, 2.45) is 0 Å². The zero-order chi connectivity index (χ0) is 19.2. The lowest BCUT2D eigenvalue weighted by Crippen LogP contribution is -2.23. The van der Waals surface area contributed by atoms with E-state index in [1.165, 1.54) is 5.56 Å². The van der Waals surface area contributed by atoms with E-state index < -0.39 is 0 Å². The molecule has 1 aromatic heterocycles. The van der Waals surface area contributed by atoms with Crippen molar-refractivity contribution in [2.45, 2.75) is 33.9 Å². The summed E-state index contributed by atoms with van der Waals surface area (Å²) in [4.78, 5) is 12.4. The number of nitrogens with zero attached hydrogens (tertiary/aromatic N) is 2. The van der Waals surface area contributed by atoms with Gasteiger partial charge in [-0.25, -0.2) is 0 Å². The van der Waals surface area contributed by atoms with Gasteiger partial charge in [-0.2, -0.15) is 5.10 Å². The first-order valence-corrected chi connectivity index (χ1v) is 9.16. The molecule has 1 heterocycles. The van der Waals surface area contributed by atoms with Crippen LogP contribution in [0.1, 0.15) is 39.8 Å². The van der Waals surface area contributed by atoms with Crippen LogP contribution < -0.4 is 10.1 Å². The van der Waals surface area contributed by atoms with Crippen LogP contribution in [0.3, 0.4) is 0 Å². The van der Waals surface area contributed by atoms with Crippen molar-refractivity contribution >= 4 is 5.91 Å². The summed E-state index contributed by atoms with van der Waals surface area (Å²) < 4.78 is 7.40. The summed E-state index contributed by atoms with van der Waals surface area (Å²) in [5, 5.41) is 7.63. The van der Waals surface area contributed by atoms with Crippen molar-refractivity contribution < 1.29 is 9.53 Å². The Bertz CT molecular complexity index is 899. The van der Waals surface area contributed by atoms with Crippen molar-refractivity contribution in [3.63, 3.8) is 0 Å². The number of hydrogen-bond donors (Lipinski definition) is 1. The number of aromatic nitrogens is 2. The Hall–Kier alpha value is -3.08. The van der Waals surface area contributed by atoms with E-state index in [-0.39, 0.29) is 5.91 Å². The molecule has 0 aliphatic heterocycles. The molecule has 3 rings (SSSR count). The largest absolute Gasteiger partial charge is 0.494 e. The predicted octanol–water partition coefficient (Wildman–Crippen LogP) is 3.88. The zero-order valence-electron chi connectivity index (χ0n) is 16.0. The molecule has 0 bridgehead atoms. The molecular formula is C22H25N3O2. The standard InChI is InChI=1S/C22H25N3O2/c1-4-27-20-12-10-19(11-13-20)22(26)23-14-21-16(2)24-25(17(21)3)15-18-8-6-5-7-9-18/h5-13H,4,14-15H2,1-3H3,(H,23,26). The third-order valence-electron chi connectivity index (χ3n) is 4.56. The maximum atomic E-state index is 12.4. The Morgan fingerprint density at radius 2 is 1.78 bits per heavy atom. The highest BCUT2D eigenvalue weighted by Gasteiger charge is 2.13. The number of aryl methyl sites for hydroxylation is 1. The molecule has 1 N–H and O–H groups in total. The highest BCUT2D eigenvalue weighted by atomic mass is 16.5. The molecular weight excluding hydrogens is 338 g/mol. The molecule has 27 heavy (non-hydrogen) atoms. The summed E-state index contributed by atoms with van der Waals surface area (Å²) in [6.07, 6.45) is 0. The Kier molecular flexibility index (Phi) is 5.91. The van der Waals surface area contributed by atoms with Crippen LogP contribution in [-0.2, 0) is 13.1 Å². The molecule has 0 radical (unpaired) electrons. The molecule has 0 atom stereocenters. The minimum absolute atomic E-state index is 0.104. The summed E-state index contributed by atoms with van der Waals surface area (Å²) in [5.74, 6) is 0.663. The average molecular weight is 363 g/mol. The summed E-state index contributed by atoms with van der Waals surface area (Å²) >= 11 is 0. The molecule has 0 aliphatic carbocycles. The van der Waals surface area contributed by atoms with Gasteiger partial charge in [0.25, 0.3) is 5.91 Å². The number of ether oxygens (including phenoxy) is 1. The average Bonchev–Trinajstić information content (AvgIpc) is 2.94. The SMILES string of the molecule is CCOc1ccc(C(=O)NCc2c(C)nn(Cc3ccccc3)c2C)cc1. The fourth-order valence-corrected chi connectivity index (χ4v) is 3.04. The van der Waals surface area contributed by atoms with Crippen LogP contribution in [0.25, 0.3) is 0 Å². The van der Waals surface area contributed by atoms with Gasteiger partial charge in [-0.3, -0.25) is 9.48 Å². The van der Waals surface area contributed by atoms with Gasteiger partial charge in [-0.05, 0) is 50.6 Å². The van der Waals surface area contributed by atoms with Gasteiger partial charge >= 0.3 is 0 Å². The lowest BCUT2D eigenvalue weighted by Gasteiger charge is -2.08. The number of amides is 1. The number of hydrogen-bond acceptors (Lipinski definition) is 3. The molecule has 5 heteroatoms. The van der Waals surface area contributed by atoms with Gasteiger partial charge in [0.1, 0.15) is 5.75 Å². The number of benzene rings is 2. The molecule has 1 amide bonds. The summed E-state index contributed by atoms with van der Waals surface area (Å²) in [5.41, 5.74) is 4.89. The van der Waals surface area contributed by atoms with Crippen molar-refractivity contribution in [3.05, 3.63) is 82.7 Å². The topological polar surface area (TPSA) is 56.1 Å². The van der Waals surface area contributed by atoms with E-state index in [0.29, 0.717) is 18.7 Å². The normalized spacial score (nSPS) is 10.6. The van der Waals surface area contributed by atoms with Crippen molar-refractivity contribution in [1.82, 2.24) is 15.1 Å². The second kappa shape index (κ2) is 8.54. The first-order chi connectivity index (χ1) is 13.1. The van der Waals surface area contributed by atoms with Gasteiger partial charge in [-0.15, -0.1) is 0 Å². The van der Waals surface area contributed by atoms with Gasteiger partial charge in [0.15, 0.2) is 0 Å². The van der Waals surface area contributed by atoms with Gasteiger partial charge in [-0.1, -0.05) is 30.3 Å². The van der Waals surface area contributed by atoms with E-state index in [0.717, 1.165) is 29.2 Å². The van der Waals surface area contributed by atoms with E-state index in [1.807, 2.05) is 55.8 Å². The first-order valence-electron chi connectivity index (χ1n) is 9.16. The molecule has 0 unspecified atom stereocenters. The van der Waals surface area contributed by atoms with Crippen LogP contribution in [-0.4, -0.2) is 22.3 Å². The summed E-state index contributed by atoms with van der Waals surface area (Å²) in [6, 6.07) is 17.4. The zero-order valence-corrected chi connectivity index (χ0v) is 16.0. The van der Waals surface area contributed by atoms with E-state index in [2.05, 4.69) is 22.5 Å². The lowest BCUT2D eigenvalue weighted by atomic mass is 10.1. The highest BCUT2D eigenvalue weighted by molar-refractivity contribution is 5.94. The van der Waals surface area contributed by atoms with Crippen LogP contribution >= 0.6 is 0 Å². The van der Waals surface area contributed by atoms with E-state index in [4.69, 9.17) is 4.74 Å². The maximum absolute atomic E-state index is 12.4. The Morgan fingerprint density at radius 3 is 2.44 bits per heavy atom. The molecule has 0 aliphatic rings. The molecule has 0 spiro atoms. The number of carbonyl (C=O) groups is 1. The van der Waals surface area contributed by atoms with Crippen LogP contribution in [0.4, 0.5) is 0 Å². The van der Waals surface area contributed by atoms with Crippen LogP contribution in [0, 0.1) is 13.8 Å². The third kappa shape index (κ3) is 4.56. The molecule has 140 valence electrons. The van der Waals surface area contributed by atoms with Gasteiger partial charge < -0.3 is 10.1 Å². The lowest BCUT2D eigenvalue weighted by molar-refractivity contribution is 0.0951. The molecule has 0 saturated heterocycles. The predicted molar refractivity (Wildman–Crippen MR) is 106 cm³/mol. The minimum Gasteiger partial charge on any atom is -0.494 e. The smallest absolute Gasteiger partial charge is 0.251 e.